The molecule has 0 aliphatic heterocycles. The Morgan fingerprint density at radius 2 is 1.91 bits per heavy atom. The summed E-state index contributed by atoms with van der Waals surface area (Å²) in [7, 11) is 3.56. The highest BCUT2D eigenvalue weighted by atomic mass is 35.5. The van der Waals surface area contributed by atoms with Gasteiger partial charge in [-0.25, -0.2) is 0 Å². The number of carbonyl (C=O) groups is 1. The fraction of sp³-hybridized carbons (Fsp3) is 0.278. The molecule has 0 aliphatic carbocycles. The predicted molar refractivity (Wildman–Crippen MR) is 92.6 cm³/mol. The first-order valence-electron chi connectivity index (χ1n) is 7.39. The number of carbonyl (C=O) groups excluding carboxylic acids is 1. The second-order valence-corrected chi connectivity index (χ2v) is 5.86. The molecule has 0 atom stereocenters. The number of nitrogens with one attached hydrogen (secondary N) is 1. The molecule has 0 radical (unpaired) electrons. The molecule has 2 aromatic carbocycles. The molecule has 0 aliphatic rings. The number of nitrogens with zero attached hydrogens (tertiary/aromatic N) is 1. The fourth-order valence-electron chi connectivity index (χ4n) is 2.24. The van der Waals surface area contributed by atoms with Gasteiger partial charge < -0.3 is 10.1 Å². The molecule has 2 rings (SSSR count). The lowest BCUT2D eigenvalue weighted by Crippen LogP contribution is -2.34. The molecule has 0 spiro atoms. The molecule has 1 amide bonds. The average Bonchev–Trinajstić information content (AvgIpc) is 2.54. The van der Waals surface area contributed by atoms with Crippen LogP contribution in [0.3, 0.4) is 0 Å². The Bertz CT molecular complexity index is 644. The number of methoxy groups -OCH3 is 1. The Labute approximate surface area is 142 Å². The third-order valence-corrected chi connectivity index (χ3v) is 3.66. The second-order valence-electron chi connectivity index (χ2n) is 5.43. The molecule has 4 nitrogen and oxygen atoms in total. The van der Waals surface area contributed by atoms with Gasteiger partial charge >= 0.3 is 0 Å². The van der Waals surface area contributed by atoms with Crippen LogP contribution < -0.4 is 10.1 Å². The van der Waals surface area contributed by atoms with E-state index in [0.29, 0.717) is 24.7 Å². The van der Waals surface area contributed by atoms with Crippen LogP contribution in [-0.2, 0) is 17.9 Å². The van der Waals surface area contributed by atoms with E-state index in [1.807, 2.05) is 60.5 Å². The zero-order chi connectivity index (χ0) is 16.7. The lowest BCUT2D eigenvalue weighted by atomic mass is 10.2. The van der Waals surface area contributed by atoms with Gasteiger partial charge in [0, 0.05) is 18.1 Å². The van der Waals surface area contributed by atoms with Gasteiger partial charge in [0.25, 0.3) is 0 Å². The van der Waals surface area contributed by atoms with Crippen LogP contribution in [0, 0.1) is 0 Å². The largest absolute Gasteiger partial charge is 0.497 e. The molecule has 0 fully saturated rings. The van der Waals surface area contributed by atoms with Gasteiger partial charge in [-0.2, -0.15) is 0 Å². The zero-order valence-electron chi connectivity index (χ0n) is 13.4. The quantitative estimate of drug-likeness (QED) is 0.847. The Morgan fingerprint density at radius 3 is 2.61 bits per heavy atom. The maximum absolute atomic E-state index is 12.0. The Hall–Kier alpha value is -2.04. The lowest BCUT2D eigenvalue weighted by molar-refractivity contribution is -0.122. The Morgan fingerprint density at radius 1 is 1.17 bits per heavy atom. The van der Waals surface area contributed by atoms with E-state index >= 15 is 0 Å². The van der Waals surface area contributed by atoms with Gasteiger partial charge in [0.2, 0.25) is 5.91 Å². The van der Waals surface area contributed by atoms with Crippen LogP contribution in [-0.4, -0.2) is 31.5 Å². The standard InChI is InChI=1S/C18H21ClN2O2/c1-21(12-15-4-3-5-17(10-15)23-2)13-18(22)20-11-14-6-8-16(19)9-7-14/h3-10H,11-13H2,1-2H3,(H,20,22). The highest BCUT2D eigenvalue weighted by Gasteiger charge is 2.07. The van der Waals surface area contributed by atoms with E-state index in [2.05, 4.69) is 5.32 Å². The third kappa shape index (κ3) is 5.93. The van der Waals surface area contributed by atoms with E-state index in [0.717, 1.165) is 16.9 Å². The molecule has 0 saturated heterocycles. The van der Waals surface area contributed by atoms with E-state index in [4.69, 9.17) is 16.3 Å². The minimum absolute atomic E-state index is 0.00894. The molecule has 0 saturated carbocycles. The summed E-state index contributed by atoms with van der Waals surface area (Å²) in [5.41, 5.74) is 2.13. The van der Waals surface area contributed by atoms with Crippen molar-refractivity contribution in [2.45, 2.75) is 13.1 Å². The average molecular weight is 333 g/mol. The number of ether oxygens (including phenoxy) is 1. The van der Waals surface area contributed by atoms with Crippen molar-refractivity contribution < 1.29 is 9.53 Å². The number of hydrogen-bond acceptors (Lipinski definition) is 3. The Kier molecular flexibility index (Phi) is 6.44. The van der Waals surface area contributed by atoms with Gasteiger partial charge in [-0.15, -0.1) is 0 Å². The van der Waals surface area contributed by atoms with Crippen molar-refractivity contribution in [1.82, 2.24) is 10.2 Å². The van der Waals surface area contributed by atoms with Gasteiger partial charge in [0.1, 0.15) is 5.75 Å². The first-order chi connectivity index (χ1) is 11.1. The van der Waals surface area contributed by atoms with Gasteiger partial charge in [0.05, 0.1) is 13.7 Å². The van der Waals surface area contributed by atoms with E-state index in [1.165, 1.54) is 0 Å². The van der Waals surface area contributed by atoms with Crippen molar-refractivity contribution in [2.24, 2.45) is 0 Å². The minimum Gasteiger partial charge on any atom is -0.497 e. The molecule has 5 heteroatoms. The predicted octanol–water partition coefficient (Wildman–Crippen LogP) is 3.10. The normalized spacial score (nSPS) is 10.6. The molecule has 2 aromatic rings. The smallest absolute Gasteiger partial charge is 0.234 e. The highest BCUT2D eigenvalue weighted by molar-refractivity contribution is 6.30. The van der Waals surface area contributed by atoms with Crippen molar-refractivity contribution in [3.63, 3.8) is 0 Å². The lowest BCUT2D eigenvalue weighted by Gasteiger charge is -2.17. The summed E-state index contributed by atoms with van der Waals surface area (Å²) >= 11 is 5.84. The van der Waals surface area contributed by atoms with Gasteiger partial charge in [-0.05, 0) is 42.4 Å². The molecule has 1 N–H and O–H groups in total. The van der Waals surface area contributed by atoms with Gasteiger partial charge in [-0.1, -0.05) is 35.9 Å². The minimum atomic E-state index is -0.00894. The van der Waals surface area contributed by atoms with Crippen LogP contribution >= 0.6 is 11.6 Å². The molecule has 0 aromatic heterocycles. The van der Waals surface area contributed by atoms with Gasteiger partial charge in [0.15, 0.2) is 0 Å². The monoisotopic (exact) mass is 332 g/mol. The first-order valence-corrected chi connectivity index (χ1v) is 7.77. The molecule has 23 heavy (non-hydrogen) atoms. The third-order valence-electron chi connectivity index (χ3n) is 3.40. The number of likely N-dealkylation sites (N-methyl/N-ethyl adjacent to an activating group) is 1. The summed E-state index contributed by atoms with van der Waals surface area (Å²) in [5, 5.41) is 3.60. The fourth-order valence-corrected chi connectivity index (χ4v) is 2.37. The van der Waals surface area contributed by atoms with Crippen molar-refractivity contribution >= 4 is 17.5 Å². The first kappa shape index (κ1) is 17.3. The summed E-state index contributed by atoms with van der Waals surface area (Å²) in [6.07, 6.45) is 0. The summed E-state index contributed by atoms with van der Waals surface area (Å²) in [5.74, 6) is 0.813. The van der Waals surface area contributed by atoms with Crippen LogP contribution in [0.25, 0.3) is 0 Å². The topological polar surface area (TPSA) is 41.6 Å². The molecule has 122 valence electrons. The number of rotatable bonds is 7. The van der Waals surface area contributed by atoms with E-state index < -0.39 is 0 Å². The van der Waals surface area contributed by atoms with Crippen LogP contribution in [0.15, 0.2) is 48.5 Å². The summed E-state index contributed by atoms with van der Waals surface area (Å²) in [4.78, 5) is 14.0. The summed E-state index contributed by atoms with van der Waals surface area (Å²) in [6.45, 7) is 1.53. The molecular formula is C18H21ClN2O2. The molecular weight excluding hydrogens is 312 g/mol. The van der Waals surface area contributed by atoms with E-state index in [9.17, 15) is 4.79 Å². The zero-order valence-corrected chi connectivity index (χ0v) is 14.1. The SMILES string of the molecule is COc1cccc(CN(C)CC(=O)NCc2ccc(Cl)cc2)c1. The van der Waals surface area contributed by atoms with Crippen molar-refractivity contribution in [3.05, 3.63) is 64.7 Å². The van der Waals surface area contributed by atoms with E-state index in [1.54, 1.807) is 7.11 Å². The number of halogens is 1. The molecule has 0 unspecified atom stereocenters. The maximum Gasteiger partial charge on any atom is 0.234 e. The Balaban J connectivity index is 1.78. The van der Waals surface area contributed by atoms with Crippen LogP contribution in [0.2, 0.25) is 5.02 Å². The maximum atomic E-state index is 12.0. The molecule has 0 heterocycles. The molecule has 0 bridgehead atoms. The van der Waals surface area contributed by atoms with Gasteiger partial charge in [-0.3, -0.25) is 9.69 Å². The number of amides is 1. The van der Waals surface area contributed by atoms with E-state index in [-0.39, 0.29) is 5.91 Å². The number of hydrogen-bond donors (Lipinski definition) is 1. The van der Waals surface area contributed by atoms with Crippen LogP contribution in [0.1, 0.15) is 11.1 Å². The van der Waals surface area contributed by atoms with Crippen LogP contribution in [0.4, 0.5) is 0 Å². The second kappa shape index (κ2) is 8.56. The van der Waals surface area contributed by atoms with Crippen molar-refractivity contribution in [2.75, 3.05) is 20.7 Å². The number of benzene rings is 2. The van der Waals surface area contributed by atoms with Crippen molar-refractivity contribution in [3.8, 4) is 5.75 Å². The van der Waals surface area contributed by atoms with Crippen LogP contribution in [0.5, 0.6) is 5.75 Å². The summed E-state index contributed by atoms with van der Waals surface area (Å²) in [6, 6.07) is 15.3. The van der Waals surface area contributed by atoms with Crippen molar-refractivity contribution in [1.29, 1.82) is 0 Å². The summed E-state index contributed by atoms with van der Waals surface area (Å²) < 4.78 is 5.21. The highest BCUT2D eigenvalue weighted by Crippen LogP contribution is 2.13.